The molecule has 1 N–H and O–H groups in total. The van der Waals surface area contributed by atoms with Crippen molar-refractivity contribution < 1.29 is 4.79 Å². The Labute approximate surface area is 151 Å². The van der Waals surface area contributed by atoms with Gasteiger partial charge >= 0.3 is 0 Å². The second-order valence-electron chi connectivity index (χ2n) is 7.53. The van der Waals surface area contributed by atoms with Gasteiger partial charge in [0.2, 0.25) is 0 Å². The molecule has 0 aliphatic carbocycles. The predicted octanol–water partition coefficient (Wildman–Crippen LogP) is 5.74. The Balaban J connectivity index is 2.06. The number of amides is 1. The van der Waals surface area contributed by atoms with Gasteiger partial charge in [-0.3, -0.25) is 4.79 Å². The van der Waals surface area contributed by atoms with Crippen molar-refractivity contribution in [3.05, 3.63) is 65.4 Å². The fourth-order valence-electron chi connectivity index (χ4n) is 2.74. The molecule has 1 aromatic heterocycles. The van der Waals surface area contributed by atoms with Crippen molar-refractivity contribution in [1.29, 1.82) is 0 Å². The fraction of sp³-hybridized carbons (Fsp3) is 0.364. The Bertz CT molecular complexity index is 735. The summed E-state index contributed by atoms with van der Waals surface area (Å²) in [6, 6.07) is 11.6. The first-order valence-corrected chi connectivity index (χ1v) is 8.84. The van der Waals surface area contributed by atoms with Gasteiger partial charge < -0.3 is 5.32 Å². The van der Waals surface area contributed by atoms with Crippen LogP contribution in [0.25, 0.3) is 5.57 Å². The number of pyridine rings is 1. The van der Waals surface area contributed by atoms with Crippen molar-refractivity contribution in [1.82, 2.24) is 4.98 Å². The molecule has 0 bridgehead atoms. The van der Waals surface area contributed by atoms with Crippen molar-refractivity contribution in [2.45, 2.75) is 47.5 Å². The van der Waals surface area contributed by atoms with Gasteiger partial charge in [-0.25, -0.2) is 4.98 Å². The van der Waals surface area contributed by atoms with Gasteiger partial charge in [0.1, 0.15) is 5.82 Å². The number of anilines is 1. The summed E-state index contributed by atoms with van der Waals surface area (Å²) >= 11 is 0. The van der Waals surface area contributed by atoms with Gasteiger partial charge in [0, 0.05) is 11.8 Å². The van der Waals surface area contributed by atoms with Crippen molar-refractivity contribution in [2.75, 3.05) is 5.32 Å². The Kier molecular flexibility index (Phi) is 6.13. The standard InChI is InChI=1S/C22H28N2O/c1-6-7-17-8-13-20(23-15-17)24-21(25)19-11-9-18(10-12-19)16(2)14-22(3,4)5/h8-15H,6-7H2,1-5H3,(H,23,24,25)/b16-14+. The van der Waals surface area contributed by atoms with Crippen LogP contribution in [0.5, 0.6) is 0 Å². The van der Waals surface area contributed by atoms with E-state index < -0.39 is 0 Å². The normalized spacial score (nSPS) is 12.1. The molecular formula is C22H28N2O. The van der Waals surface area contributed by atoms with Gasteiger partial charge in [-0.05, 0) is 53.7 Å². The van der Waals surface area contributed by atoms with Gasteiger partial charge in [0.15, 0.2) is 0 Å². The molecule has 0 saturated heterocycles. The quantitative estimate of drug-likeness (QED) is 0.757. The van der Waals surface area contributed by atoms with Crippen molar-refractivity contribution in [2.24, 2.45) is 5.41 Å². The SMILES string of the molecule is CCCc1ccc(NC(=O)c2ccc(/C(C)=C/C(C)(C)C)cc2)nc1. The highest BCUT2D eigenvalue weighted by molar-refractivity contribution is 6.03. The van der Waals surface area contributed by atoms with Crippen LogP contribution in [0.15, 0.2) is 48.7 Å². The average Bonchev–Trinajstić information content (AvgIpc) is 2.55. The van der Waals surface area contributed by atoms with Crippen LogP contribution in [0.2, 0.25) is 0 Å². The highest BCUT2D eigenvalue weighted by Crippen LogP contribution is 2.23. The Morgan fingerprint density at radius 2 is 1.72 bits per heavy atom. The number of aromatic nitrogens is 1. The van der Waals surface area contributed by atoms with Gasteiger partial charge in [0.05, 0.1) is 0 Å². The number of nitrogens with one attached hydrogen (secondary N) is 1. The minimum Gasteiger partial charge on any atom is -0.307 e. The lowest BCUT2D eigenvalue weighted by molar-refractivity contribution is 0.102. The average molecular weight is 336 g/mol. The molecule has 0 aliphatic heterocycles. The lowest BCUT2D eigenvalue weighted by Gasteiger charge is -2.14. The minimum absolute atomic E-state index is 0.135. The molecule has 1 amide bonds. The number of aryl methyl sites for hydroxylation is 1. The molecule has 0 saturated carbocycles. The maximum atomic E-state index is 12.4. The first-order chi connectivity index (χ1) is 11.8. The molecule has 1 aromatic carbocycles. The van der Waals surface area contributed by atoms with E-state index in [1.807, 2.05) is 42.6 Å². The number of carbonyl (C=O) groups is 1. The molecule has 0 unspecified atom stereocenters. The predicted molar refractivity (Wildman–Crippen MR) is 106 cm³/mol. The summed E-state index contributed by atoms with van der Waals surface area (Å²) in [7, 11) is 0. The van der Waals surface area contributed by atoms with E-state index in [0.29, 0.717) is 11.4 Å². The Morgan fingerprint density at radius 3 is 2.24 bits per heavy atom. The second kappa shape index (κ2) is 8.11. The zero-order valence-electron chi connectivity index (χ0n) is 15.9. The van der Waals surface area contributed by atoms with E-state index in [2.05, 4.69) is 51.0 Å². The van der Waals surface area contributed by atoms with Gasteiger partial charge in [-0.1, -0.05) is 58.4 Å². The first kappa shape index (κ1) is 18.9. The number of nitrogens with zero attached hydrogens (tertiary/aromatic N) is 1. The number of allylic oxidation sites excluding steroid dienone is 2. The van der Waals surface area contributed by atoms with E-state index in [1.54, 1.807) is 0 Å². The number of benzene rings is 1. The topological polar surface area (TPSA) is 42.0 Å². The van der Waals surface area contributed by atoms with Crippen LogP contribution in [0.3, 0.4) is 0 Å². The number of carbonyl (C=O) groups excluding carboxylic acids is 1. The van der Waals surface area contributed by atoms with Crippen LogP contribution < -0.4 is 5.32 Å². The minimum atomic E-state index is -0.139. The van der Waals surface area contributed by atoms with Crippen LogP contribution in [0.4, 0.5) is 5.82 Å². The molecule has 2 aromatic rings. The molecule has 0 aliphatic rings. The summed E-state index contributed by atoms with van der Waals surface area (Å²) in [5.41, 5.74) is 4.30. The second-order valence-corrected chi connectivity index (χ2v) is 7.53. The zero-order chi connectivity index (χ0) is 18.4. The number of hydrogen-bond donors (Lipinski definition) is 1. The molecular weight excluding hydrogens is 308 g/mol. The largest absolute Gasteiger partial charge is 0.307 e. The fourth-order valence-corrected chi connectivity index (χ4v) is 2.74. The molecule has 3 nitrogen and oxygen atoms in total. The third kappa shape index (κ3) is 5.86. The van der Waals surface area contributed by atoms with Crippen LogP contribution in [-0.4, -0.2) is 10.9 Å². The summed E-state index contributed by atoms with van der Waals surface area (Å²) in [4.78, 5) is 16.7. The highest BCUT2D eigenvalue weighted by Gasteiger charge is 2.10. The van der Waals surface area contributed by atoms with E-state index in [4.69, 9.17) is 0 Å². The molecule has 3 heteroatoms. The molecule has 25 heavy (non-hydrogen) atoms. The summed E-state index contributed by atoms with van der Waals surface area (Å²) in [6.45, 7) is 10.8. The third-order valence-electron chi connectivity index (χ3n) is 3.86. The summed E-state index contributed by atoms with van der Waals surface area (Å²) in [5, 5.41) is 2.85. The highest BCUT2D eigenvalue weighted by atomic mass is 16.1. The van der Waals surface area contributed by atoms with E-state index >= 15 is 0 Å². The van der Waals surface area contributed by atoms with Crippen LogP contribution >= 0.6 is 0 Å². The zero-order valence-corrected chi connectivity index (χ0v) is 15.9. The van der Waals surface area contributed by atoms with Crippen molar-refractivity contribution in [3.8, 4) is 0 Å². The van der Waals surface area contributed by atoms with E-state index in [1.165, 1.54) is 11.1 Å². The third-order valence-corrected chi connectivity index (χ3v) is 3.86. The number of hydrogen-bond acceptors (Lipinski definition) is 2. The number of rotatable bonds is 5. The van der Waals surface area contributed by atoms with E-state index in [9.17, 15) is 4.79 Å². The Hall–Kier alpha value is -2.42. The monoisotopic (exact) mass is 336 g/mol. The van der Waals surface area contributed by atoms with Gasteiger partial charge in [-0.2, -0.15) is 0 Å². The van der Waals surface area contributed by atoms with Crippen LogP contribution in [0.1, 0.15) is 62.5 Å². The lowest BCUT2D eigenvalue weighted by atomic mass is 9.91. The molecule has 2 rings (SSSR count). The van der Waals surface area contributed by atoms with Crippen molar-refractivity contribution >= 4 is 17.3 Å². The van der Waals surface area contributed by atoms with Crippen LogP contribution in [-0.2, 0) is 6.42 Å². The van der Waals surface area contributed by atoms with E-state index in [-0.39, 0.29) is 11.3 Å². The van der Waals surface area contributed by atoms with Crippen molar-refractivity contribution in [3.63, 3.8) is 0 Å². The smallest absolute Gasteiger partial charge is 0.256 e. The summed E-state index contributed by atoms with van der Waals surface area (Å²) < 4.78 is 0. The first-order valence-electron chi connectivity index (χ1n) is 8.84. The lowest BCUT2D eigenvalue weighted by Crippen LogP contribution is -2.13. The molecule has 0 atom stereocenters. The van der Waals surface area contributed by atoms with Crippen LogP contribution in [0, 0.1) is 5.41 Å². The molecule has 0 spiro atoms. The molecule has 1 heterocycles. The molecule has 0 radical (unpaired) electrons. The maximum absolute atomic E-state index is 12.4. The van der Waals surface area contributed by atoms with Gasteiger partial charge in [0.25, 0.3) is 5.91 Å². The van der Waals surface area contributed by atoms with E-state index in [0.717, 1.165) is 18.4 Å². The maximum Gasteiger partial charge on any atom is 0.256 e. The summed E-state index contributed by atoms with van der Waals surface area (Å²) in [6.07, 6.45) is 6.15. The molecule has 132 valence electrons. The van der Waals surface area contributed by atoms with Gasteiger partial charge in [-0.15, -0.1) is 0 Å². The Morgan fingerprint density at radius 1 is 1.08 bits per heavy atom. The summed E-state index contributed by atoms with van der Waals surface area (Å²) in [5.74, 6) is 0.442. The molecule has 0 fully saturated rings.